The van der Waals surface area contributed by atoms with Crippen LogP contribution < -0.4 is 0 Å². The van der Waals surface area contributed by atoms with Crippen LogP contribution in [0.25, 0.3) is 0 Å². The van der Waals surface area contributed by atoms with Gasteiger partial charge in [0.2, 0.25) is 0 Å². The largest absolute Gasteiger partial charge is 0.298 e. The van der Waals surface area contributed by atoms with Crippen LogP contribution in [0.1, 0.15) is 20.3 Å². The van der Waals surface area contributed by atoms with Crippen LogP contribution in [0, 0.1) is 5.92 Å². The zero-order chi connectivity index (χ0) is 15.6. The molecule has 0 spiro atoms. The topological polar surface area (TPSA) is 85.3 Å². The zero-order valence-corrected chi connectivity index (χ0v) is 13.3. The minimum absolute atomic E-state index is 0.0402. The molecule has 20 heavy (non-hydrogen) atoms. The third-order valence-electron chi connectivity index (χ3n) is 3.11. The number of carbonyl (C=O) groups is 1. The Bertz CT molecular complexity index is 685. The Balaban J connectivity index is 3.03. The Morgan fingerprint density at radius 2 is 1.50 bits per heavy atom. The summed E-state index contributed by atoms with van der Waals surface area (Å²) < 4.78 is 46.7. The number of rotatable bonds is 6. The van der Waals surface area contributed by atoms with E-state index in [0.717, 1.165) is 6.26 Å². The maximum absolute atomic E-state index is 12.1. The van der Waals surface area contributed by atoms with Crippen molar-refractivity contribution < 1.29 is 21.6 Å². The van der Waals surface area contributed by atoms with Gasteiger partial charge in [0.15, 0.2) is 25.5 Å². The summed E-state index contributed by atoms with van der Waals surface area (Å²) in [7, 11) is -7.09. The van der Waals surface area contributed by atoms with E-state index >= 15 is 0 Å². The van der Waals surface area contributed by atoms with E-state index in [0.29, 0.717) is 6.42 Å². The molecule has 7 heteroatoms. The minimum Gasteiger partial charge on any atom is -0.298 e. The van der Waals surface area contributed by atoms with Gasteiger partial charge in [0.05, 0.1) is 9.79 Å². The fourth-order valence-electron chi connectivity index (χ4n) is 1.53. The highest BCUT2D eigenvalue weighted by atomic mass is 32.2. The lowest BCUT2D eigenvalue weighted by Gasteiger charge is -2.08. The van der Waals surface area contributed by atoms with Crippen molar-refractivity contribution in [3.05, 3.63) is 24.3 Å². The van der Waals surface area contributed by atoms with Crippen LogP contribution in [0.15, 0.2) is 34.1 Å². The number of hydrogen-bond acceptors (Lipinski definition) is 5. The number of benzene rings is 1. The lowest BCUT2D eigenvalue weighted by Crippen LogP contribution is -2.21. The van der Waals surface area contributed by atoms with E-state index in [2.05, 4.69) is 0 Å². The summed E-state index contributed by atoms with van der Waals surface area (Å²) in [4.78, 5) is 11.7. The standard InChI is InChI=1S/C13H18O5S2/c1-4-10(2)13(14)9-20(17,18)12-7-5-11(6-8-12)19(3,15)16/h5-8,10H,4,9H2,1-3H3. The summed E-state index contributed by atoms with van der Waals surface area (Å²) in [6.07, 6.45) is 1.63. The molecule has 1 aromatic rings. The van der Waals surface area contributed by atoms with Gasteiger partial charge in [0.1, 0.15) is 5.75 Å². The van der Waals surface area contributed by atoms with Crippen molar-refractivity contribution in [1.82, 2.24) is 0 Å². The summed E-state index contributed by atoms with van der Waals surface area (Å²) in [5.74, 6) is -1.19. The molecule has 0 saturated carbocycles. The van der Waals surface area contributed by atoms with Crippen LogP contribution in [0.5, 0.6) is 0 Å². The van der Waals surface area contributed by atoms with Crippen molar-refractivity contribution in [3.8, 4) is 0 Å². The van der Waals surface area contributed by atoms with Gasteiger partial charge in [-0.05, 0) is 30.7 Å². The maximum atomic E-state index is 12.1. The molecule has 0 saturated heterocycles. The summed E-state index contributed by atoms with van der Waals surface area (Å²) in [6, 6.07) is 4.90. The van der Waals surface area contributed by atoms with Crippen molar-refractivity contribution in [2.45, 2.75) is 30.1 Å². The summed E-state index contributed by atoms with van der Waals surface area (Å²) in [6.45, 7) is 3.50. The molecule has 1 aromatic carbocycles. The van der Waals surface area contributed by atoms with Gasteiger partial charge in [-0.1, -0.05) is 13.8 Å². The molecule has 0 radical (unpaired) electrons. The normalized spacial score (nSPS) is 13.9. The van der Waals surface area contributed by atoms with E-state index in [4.69, 9.17) is 0 Å². The van der Waals surface area contributed by atoms with E-state index in [-0.39, 0.29) is 21.5 Å². The lowest BCUT2D eigenvalue weighted by molar-refractivity contribution is -0.119. The monoisotopic (exact) mass is 318 g/mol. The molecule has 0 aromatic heterocycles. The van der Waals surface area contributed by atoms with Gasteiger partial charge in [0.25, 0.3) is 0 Å². The molecule has 0 N–H and O–H groups in total. The molecule has 0 aliphatic rings. The molecule has 0 bridgehead atoms. The van der Waals surface area contributed by atoms with Crippen molar-refractivity contribution in [3.63, 3.8) is 0 Å². The second-order valence-electron chi connectivity index (χ2n) is 4.78. The Morgan fingerprint density at radius 3 is 1.90 bits per heavy atom. The van der Waals surface area contributed by atoms with Crippen LogP contribution in [-0.2, 0) is 24.5 Å². The average molecular weight is 318 g/mol. The number of hydrogen-bond donors (Lipinski definition) is 0. The van der Waals surface area contributed by atoms with Crippen LogP contribution in [-0.4, -0.2) is 34.6 Å². The molecule has 0 amide bonds. The van der Waals surface area contributed by atoms with Gasteiger partial charge in [-0.25, -0.2) is 16.8 Å². The highest BCUT2D eigenvalue weighted by molar-refractivity contribution is 7.92. The molecule has 0 aliphatic heterocycles. The van der Waals surface area contributed by atoms with Crippen LogP contribution >= 0.6 is 0 Å². The molecular formula is C13H18O5S2. The zero-order valence-electron chi connectivity index (χ0n) is 11.7. The fraction of sp³-hybridized carbons (Fsp3) is 0.462. The van der Waals surface area contributed by atoms with E-state index < -0.39 is 25.4 Å². The minimum atomic E-state index is -3.72. The van der Waals surface area contributed by atoms with Gasteiger partial charge in [-0.15, -0.1) is 0 Å². The first-order valence-electron chi connectivity index (χ1n) is 6.13. The summed E-state index contributed by atoms with van der Waals surface area (Å²) in [5.41, 5.74) is 0. The highest BCUT2D eigenvalue weighted by Gasteiger charge is 2.22. The summed E-state index contributed by atoms with van der Waals surface area (Å²) >= 11 is 0. The maximum Gasteiger partial charge on any atom is 0.185 e. The van der Waals surface area contributed by atoms with Crippen molar-refractivity contribution in [2.75, 3.05) is 12.0 Å². The average Bonchev–Trinajstić information content (AvgIpc) is 2.36. The number of sulfone groups is 2. The Morgan fingerprint density at radius 1 is 1.05 bits per heavy atom. The SMILES string of the molecule is CCC(C)C(=O)CS(=O)(=O)c1ccc(S(C)(=O)=O)cc1. The predicted molar refractivity (Wildman–Crippen MR) is 76.1 cm³/mol. The molecule has 112 valence electrons. The molecule has 0 fully saturated rings. The predicted octanol–water partition coefficient (Wildman–Crippen LogP) is 1.48. The van der Waals surface area contributed by atoms with Gasteiger partial charge in [-0.2, -0.15) is 0 Å². The first-order valence-corrected chi connectivity index (χ1v) is 9.68. The molecule has 1 rings (SSSR count). The van der Waals surface area contributed by atoms with Gasteiger partial charge >= 0.3 is 0 Å². The molecule has 0 aliphatic carbocycles. The Kier molecular flexibility index (Phi) is 5.10. The second kappa shape index (κ2) is 6.05. The van der Waals surface area contributed by atoms with Crippen LogP contribution in [0.2, 0.25) is 0 Å². The summed E-state index contributed by atoms with van der Waals surface area (Å²) in [5, 5.41) is 0. The first kappa shape index (κ1) is 16.8. The van der Waals surface area contributed by atoms with Crippen molar-refractivity contribution in [2.24, 2.45) is 5.92 Å². The van der Waals surface area contributed by atoms with Gasteiger partial charge in [-0.3, -0.25) is 4.79 Å². The van der Waals surface area contributed by atoms with E-state index in [1.807, 2.05) is 6.92 Å². The number of ketones is 1. The molecular weight excluding hydrogens is 300 g/mol. The third-order valence-corrected chi connectivity index (χ3v) is 5.89. The highest BCUT2D eigenvalue weighted by Crippen LogP contribution is 2.17. The lowest BCUT2D eigenvalue weighted by atomic mass is 10.1. The molecule has 1 unspecified atom stereocenters. The molecule has 5 nitrogen and oxygen atoms in total. The fourth-order valence-corrected chi connectivity index (χ4v) is 3.54. The van der Waals surface area contributed by atoms with Crippen LogP contribution in [0.4, 0.5) is 0 Å². The van der Waals surface area contributed by atoms with Crippen LogP contribution in [0.3, 0.4) is 0 Å². The second-order valence-corrected chi connectivity index (χ2v) is 8.78. The third kappa shape index (κ3) is 4.14. The number of carbonyl (C=O) groups excluding carboxylic acids is 1. The van der Waals surface area contributed by atoms with E-state index in [1.54, 1.807) is 6.92 Å². The van der Waals surface area contributed by atoms with E-state index in [1.165, 1.54) is 24.3 Å². The quantitative estimate of drug-likeness (QED) is 0.793. The van der Waals surface area contributed by atoms with Gasteiger partial charge in [0, 0.05) is 12.2 Å². The van der Waals surface area contributed by atoms with Crippen molar-refractivity contribution in [1.29, 1.82) is 0 Å². The van der Waals surface area contributed by atoms with Crippen molar-refractivity contribution >= 4 is 25.5 Å². The number of Topliss-reactive ketones (excluding diaryl/α,β-unsaturated/α-hetero) is 1. The van der Waals surface area contributed by atoms with Gasteiger partial charge < -0.3 is 0 Å². The molecule has 1 atom stereocenters. The Hall–Kier alpha value is -1.21. The Labute approximate surface area is 119 Å². The smallest absolute Gasteiger partial charge is 0.185 e. The first-order chi connectivity index (χ1) is 9.08. The van der Waals surface area contributed by atoms with E-state index in [9.17, 15) is 21.6 Å². The molecule has 0 heterocycles.